The van der Waals surface area contributed by atoms with E-state index >= 15 is 0 Å². The summed E-state index contributed by atoms with van der Waals surface area (Å²) in [5.74, 6) is 0.779. The zero-order valence-corrected chi connectivity index (χ0v) is 15.3. The van der Waals surface area contributed by atoms with Gasteiger partial charge in [0.15, 0.2) is 0 Å². The normalized spacial score (nSPS) is 11.0. The Hall–Kier alpha value is -3.12. The molecular formula is C21H18FNO3S. The Morgan fingerprint density at radius 3 is 2.07 bits per heavy atom. The van der Waals surface area contributed by atoms with Crippen LogP contribution in [0.2, 0.25) is 0 Å². The van der Waals surface area contributed by atoms with Crippen LogP contribution in [0.4, 0.5) is 10.1 Å². The lowest BCUT2D eigenvalue weighted by atomic mass is 10.3. The molecule has 0 saturated heterocycles. The predicted molar refractivity (Wildman–Crippen MR) is 104 cm³/mol. The third-order valence-corrected chi connectivity index (χ3v) is 5.61. The molecule has 4 nitrogen and oxygen atoms in total. The molecule has 0 spiro atoms. The van der Waals surface area contributed by atoms with Gasteiger partial charge in [-0.3, -0.25) is 4.31 Å². The summed E-state index contributed by atoms with van der Waals surface area (Å²) in [6, 6.07) is 20.7. The highest BCUT2D eigenvalue weighted by molar-refractivity contribution is 7.92. The van der Waals surface area contributed by atoms with Crippen LogP contribution in [0.3, 0.4) is 0 Å². The van der Waals surface area contributed by atoms with Crippen molar-refractivity contribution >= 4 is 15.7 Å². The summed E-state index contributed by atoms with van der Waals surface area (Å²) in [7, 11) is -3.85. The zero-order chi connectivity index (χ0) is 19.3. The van der Waals surface area contributed by atoms with Gasteiger partial charge in [0.2, 0.25) is 0 Å². The highest BCUT2D eigenvalue weighted by Crippen LogP contribution is 2.28. The van der Waals surface area contributed by atoms with E-state index < -0.39 is 15.8 Å². The molecule has 3 rings (SSSR count). The number of nitrogens with zero attached hydrogens (tertiary/aromatic N) is 1. The van der Waals surface area contributed by atoms with Crippen molar-refractivity contribution in [3.8, 4) is 11.5 Å². The number of rotatable bonds is 7. The first-order valence-corrected chi connectivity index (χ1v) is 9.67. The quantitative estimate of drug-likeness (QED) is 0.540. The van der Waals surface area contributed by atoms with Gasteiger partial charge in [0.25, 0.3) is 10.0 Å². The van der Waals surface area contributed by atoms with Gasteiger partial charge in [-0.05, 0) is 60.7 Å². The summed E-state index contributed by atoms with van der Waals surface area (Å²) >= 11 is 0. The molecule has 0 unspecified atom stereocenters. The van der Waals surface area contributed by atoms with Crippen molar-refractivity contribution in [1.82, 2.24) is 0 Å². The van der Waals surface area contributed by atoms with Gasteiger partial charge >= 0.3 is 0 Å². The molecule has 0 saturated carbocycles. The summed E-state index contributed by atoms with van der Waals surface area (Å²) in [5.41, 5.74) is 0.458. The average molecular weight is 383 g/mol. The molecule has 0 aromatic heterocycles. The van der Waals surface area contributed by atoms with Crippen molar-refractivity contribution in [1.29, 1.82) is 0 Å². The van der Waals surface area contributed by atoms with Crippen LogP contribution >= 0.6 is 0 Å². The van der Waals surface area contributed by atoms with Gasteiger partial charge in [0.05, 0.1) is 17.1 Å². The van der Waals surface area contributed by atoms with Crippen molar-refractivity contribution in [3.63, 3.8) is 0 Å². The van der Waals surface area contributed by atoms with Crippen LogP contribution < -0.4 is 9.04 Å². The van der Waals surface area contributed by atoms with Gasteiger partial charge in [0.1, 0.15) is 17.3 Å². The molecule has 0 heterocycles. The Morgan fingerprint density at radius 1 is 0.889 bits per heavy atom. The van der Waals surface area contributed by atoms with Crippen molar-refractivity contribution in [2.45, 2.75) is 4.90 Å². The van der Waals surface area contributed by atoms with E-state index in [2.05, 4.69) is 6.58 Å². The molecule has 138 valence electrons. The van der Waals surface area contributed by atoms with Crippen molar-refractivity contribution in [3.05, 3.63) is 97.3 Å². The second-order valence-electron chi connectivity index (χ2n) is 5.69. The Bertz CT molecular complexity index is 1000. The number of benzene rings is 3. The highest BCUT2D eigenvalue weighted by atomic mass is 32.2. The molecule has 0 radical (unpaired) electrons. The fraction of sp³-hybridized carbons (Fsp3) is 0.0476. The molecule has 27 heavy (non-hydrogen) atoms. The molecule has 0 amide bonds. The molecule has 3 aromatic rings. The van der Waals surface area contributed by atoms with Crippen molar-refractivity contribution in [2.75, 3.05) is 10.8 Å². The zero-order valence-electron chi connectivity index (χ0n) is 14.5. The Morgan fingerprint density at radius 2 is 1.48 bits per heavy atom. The lowest BCUT2D eigenvalue weighted by Gasteiger charge is -2.23. The fourth-order valence-electron chi connectivity index (χ4n) is 2.50. The van der Waals surface area contributed by atoms with E-state index in [-0.39, 0.29) is 11.4 Å². The van der Waals surface area contributed by atoms with E-state index in [4.69, 9.17) is 4.74 Å². The largest absolute Gasteiger partial charge is 0.457 e. The number of hydrogen-bond acceptors (Lipinski definition) is 3. The molecule has 0 N–H and O–H groups in total. The van der Waals surface area contributed by atoms with E-state index in [1.54, 1.807) is 24.3 Å². The highest BCUT2D eigenvalue weighted by Gasteiger charge is 2.24. The predicted octanol–water partition coefficient (Wildman–Crippen LogP) is 5.00. The van der Waals surface area contributed by atoms with Gasteiger partial charge in [-0.15, -0.1) is 6.58 Å². The van der Waals surface area contributed by atoms with Gasteiger partial charge in [0, 0.05) is 0 Å². The number of anilines is 1. The molecule has 0 fully saturated rings. The first-order chi connectivity index (χ1) is 13.0. The van der Waals surface area contributed by atoms with E-state index in [1.807, 2.05) is 30.3 Å². The van der Waals surface area contributed by atoms with Crippen LogP contribution in [0.25, 0.3) is 0 Å². The summed E-state index contributed by atoms with van der Waals surface area (Å²) in [6.07, 6.45) is 1.50. The number of hydrogen-bond donors (Lipinski definition) is 0. The maximum Gasteiger partial charge on any atom is 0.264 e. The minimum atomic E-state index is -3.85. The van der Waals surface area contributed by atoms with Crippen LogP contribution in [-0.2, 0) is 10.0 Å². The molecule has 0 bridgehead atoms. The van der Waals surface area contributed by atoms with E-state index in [9.17, 15) is 12.8 Å². The Balaban J connectivity index is 1.88. The first-order valence-electron chi connectivity index (χ1n) is 8.23. The van der Waals surface area contributed by atoms with E-state index in [0.29, 0.717) is 17.2 Å². The number of ether oxygens (including phenoxy) is 1. The molecule has 0 aliphatic rings. The Labute approximate surface area is 158 Å². The second-order valence-corrected chi connectivity index (χ2v) is 7.55. The number of halogens is 1. The number of para-hydroxylation sites is 1. The summed E-state index contributed by atoms with van der Waals surface area (Å²) in [6.45, 7) is 3.71. The Kier molecular flexibility index (Phi) is 5.57. The molecular weight excluding hydrogens is 365 g/mol. The van der Waals surface area contributed by atoms with Crippen LogP contribution in [0.5, 0.6) is 11.5 Å². The topological polar surface area (TPSA) is 46.6 Å². The lowest BCUT2D eigenvalue weighted by molar-refractivity contribution is 0.482. The van der Waals surface area contributed by atoms with Crippen LogP contribution in [-0.4, -0.2) is 15.0 Å². The van der Waals surface area contributed by atoms with Crippen molar-refractivity contribution in [2.24, 2.45) is 0 Å². The van der Waals surface area contributed by atoms with Crippen LogP contribution in [0.15, 0.2) is 96.4 Å². The van der Waals surface area contributed by atoms with Crippen LogP contribution in [0, 0.1) is 5.82 Å². The number of sulfonamides is 1. The van der Waals surface area contributed by atoms with Gasteiger partial charge in [-0.2, -0.15) is 0 Å². The smallest absolute Gasteiger partial charge is 0.264 e. The SMILES string of the molecule is C=CCN(c1ccc(Oc2ccccc2)cc1)S(=O)(=O)c1ccc(F)cc1. The summed E-state index contributed by atoms with van der Waals surface area (Å²) in [4.78, 5) is 0.00959. The monoisotopic (exact) mass is 383 g/mol. The molecule has 0 aliphatic carbocycles. The molecule has 3 aromatic carbocycles. The lowest BCUT2D eigenvalue weighted by Crippen LogP contribution is -2.31. The van der Waals surface area contributed by atoms with Crippen molar-refractivity contribution < 1.29 is 17.5 Å². The average Bonchev–Trinajstić information content (AvgIpc) is 2.68. The summed E-state index contributed by atoms with van der Waals surface area (Å²) < 4.78 is 45.9. The third-order valence-electron chi connectivity index (χ3n) is 3.80. The molecule has 6 heteroatoms. The maximum absolute atomic E-state index is 13.1. The van der Waals surface area contributed by atoms with E-state index in [0.717, 1.165) is 12.1 Å². The minimum absolute atomic E-state index is 0.00959. The minimum Gasteiger partial charge on any atom is -0.457 e. The second kappa shape index (κ2) is 8.05. The van der Waals surface area contributed by atoms with E-state index in [1.165, 1.54) is 22.5 Å². The third kappa shape index (κ3) is 4.35. The maximum atomic E-state index is 13.1. The fourth-order valence-corrected chi connectivity index (χ4v) is 3.93. The summed E-state index contributed by atoms with van der Waals surface area (Å²) in [5, 5.41) is 0. The van der Waals surface area contributed by atoms with Gasteiger partial charge in [-0.25, -0.2) is 12.8 Å². The standard InChI is InChI=1S/C21H18FNO3S/c1-2-16-23(27(24,25)21-14-8-17(22)9-15-21)18-10-12-20(13-11-18)26-19-6-4-3-5-7-19/h2-15H,1,16H2. The molecule has 0 atom stereocenters. The van der Waals surface area contributed by atoms with Crippen LogP contribution in [0.1, 0.15) is 0 Å². The molecule has 0 aliphatic heterocycles. The van der Waals surface area contributed by atoms with Gasteiger partial charge in [-0.1, -0.05) is 24.3 Å². The van der Waals surface area contributed by atoms with Gasteiger partial charge < -0.3 is 4.74 Å². The first kappa shape index (κ1) is 18.7.